The summed E-state index contributed by atoms with van der Waals surface area (Å²) in [5.74, 6) is -1.78. The summed E-state index contributed by atoms with van der Waals surface area (Å²) in [6.45, 7) is 2.25. The summed E-state index contributed by atoms with van der Waals surface area (Å²) in [6.07, 6.45) is 3.34. The van der Waals surface area contributed by atoms with Gasteiger partial charge in [-0.05, 0) is 30.2 Å². The van der Waals surface area contributed by atoms with Gasteiger partial charge in [0, 0.05) is 11.8 Å². The van der Waals surface area contributed by atoms with E-state index in [9.17, 15) is 13.9 Å². The standard InChI is InChI=1S/C16H15F2N3O/c1-2-12(22)9-21-16-6-11(7-19-15(16)8-20-21)10-3-4-13(17)14(18)5-10/h3-8,12,22H,2,9H2,1H3. The van der Waals surface area contributed by atoms with Crippen LogP contribution in [0, 0.1) is 11.6 Å². The summed E-state index contributed by atoms with van der Waals surface area (Å²) >= 11 is 0. The molecule has 6 heteroatoms. The molecule has 1 N–H and O–H groups in total. The Kier molecular flexibility index (Phi) is 3.85. The molecule has 0 aliphatic heterocycles. The summed E-state index contributed by atoms with van der Waals surface area (Å²) < 4.78 is 28.1. The van der Waals surface area contributed by atoms with Crippen molar-refractivity contribution in [1.82, 2.24) is 14.8 Å². The van der Waals surface area contributed by atoms with Gasteiger partial charge in [0.15, 0.2) is 11.6 Å². The lowest BCUT2D eigenvalue weighted by Gasteiger charge is -2.09. The van der Waals surface area contributed by atoms with Gasteiger partial charge < -0.3 is 5.11 Å². The average molecular weight is 303 g/mol. The third-order valence-corrected chi connectivity index (χ3v) is 3.60. The molecule has 114 valence electrons. The Labute approximate surface area is 126 Å². The van der Waals surface area contributed by atoms with Gasteiger partial charge in [-0.25, -0.2) is 8.78 Å². The van der Waals surface area contributed by atoms with E-state index in [0.717, 1.165) is 17.6 Å². The lowest BCUT2D eigenvalue weighted by atomic mass is 10.1. The third kappa shape index (κ3) is 2.69. The van der Waals surface area contributed by atoms with E-state index in [4.69, 9.17) is 0 Å². The Hall–Kier alpha value is -2.34. The summed E-state index contributed by atoms with van der Waals surface area (Å²) in [7, 11) is 0. The van der Waals surface area contributed by atoms with Gasteiger partial charge in [-0.15, -0.1) is 0 Å². The number of fused-ring (bicyclic) bond motifs is 1. The normalized spacial score (nSPS) is 12.7. The second-order valence-electron chi connectivity index (χ2n) is 5.15. The maximum atomic E-state index is 13.4. The maximum absolute atomic E-state index is 13.4. The number of aliphatic hydroxyl groups excluding tert-OH is 1. The lowest BCUT2D eigenvalue weighted by molar-refractivity contribution is 0.147. The molecule has 0 fully saturated rings. The van der Waals surface area contributed by atoms with Gasteiger partial charge in [-0.1, -0.05) is 13.0 Å². The zero-order valence-corrected chi connectivity index (χ0v) is 12.0. The largest absolute Gasteiger partial charge is 0.391 e. The molecule has 3 aromatic rings. The monoisotopic (exact) mass is 303 g/mol. The predicted molar refractivity (Wildman–Crippen MR) is 79.2 cm³/mol. The van der Waals surface area contributed by atoms with Crippen LogP contribution in [0.4, 0.5) is 8.78 Å². The number of rotatable bonds is 4. The Bertz CT molecular complexity index is 816. The molecule has 2 aromatic heterocycles. The fourth-order valence-electron chi connectivity index (χ4n) is 2.26. The van der Waals surface area contributed by atoms with E-state index in [1.165, 1.54) is 6.07 Å². The molecule has 3 rings (SSSR count). The number of nitrogens with zero attached hydrogens (tertiary/aromatic N) is 3. The molecular formula is C16H15F2N3O. The first-order valence-electron chi connectivity index (χ1n) is 7.03. The zero-order valence-electron chi connectivity index (χ0n) is 12.0. The minimum absolute atomic E-state index is 0.364. The van der Waals surface area contributed by atoms with Crippen LogP contribution in [-0.4, -0.2) is 26.0 Å². The van der Waals surface area contributed by atoms with Crippen LogP contribution in [0.25, 0.3) is 22.2 Å². The highest BCUT2D eigenvalue weighted by Crippen LogP contribution is 2.24. The molecule has 0 radical (unpaired) electrons. The van der Waals surface area contributed by atoms with Gasteiger partial charge in [0.05, 0.1) is 24.4 Å². The smallest absolute Gasteiger partial charge is 0.159 e. The predicted octanol–water partition coefficient (Wildman–Crippen LogP) is 3.15. The summed E-state index contributed by atoms with van der Waals surface area (Å²) in [4.78, 5) is 4.28. The quantitative estimate of drug-likeness (QED) is 0.805. The first-order chi connectivity index (χ1) is 10.6. The molecule has 0 aliphatic carbocycles. The maximum Gasteiger partial charge on any atom is 0.159 e. The molecule has 1 atom stereocenters. The Morgan fingerprint density at radius 3 is 2.68 bits per heavy atom. The third-order valence-electron chi connectivity index (χ3n) is 3.60. The highest BCUT2D eigenvalue weighted by atomic mass is 19.2. The van der Waals surface area contributed by atoms with E-state index >= 15 is 0 Å². The molecule has 0 aliphatic rings. The van der Waals surface area contributed by atoms with E-state index in [-0.39, 0.29) is 0 Å². The van der Waals surface area contributed by atoms with Crippen LogP contribution < -0.4 is 0 Å². The number of pyridine rings is 1. The van der Waals surface area contributed by atoms with E-state index in [1.807, 2.05) is 13.0 Å². The topological polar surface area (TPSA) is 50.9 Å². The van der Waals surface area contributed by atoms with Crippen molar-refractivity contribution in [2.24, 2.45) is 0 Å². The van der Waals surface area contributed by atoms with Crippen LogP contribution in [0.2, 0.25) is 0 Å². The van der Waals surface area contributed by atoms with Crippen molar-refractivity contribution in [3.63, 3.8) is 0 Å². The van der Waals surface area contributed by atoms with E-state index in [2.05, 4.69) is 10.1 Å². The number of benzene rings is 1. The van der Waals surface area contributed by atoms with E-state index < -0.39 is 17.7 Å². The van der Waals surface area contributed by atoms with E-state index in [0.29, 0.717) is 29.6 Å². The van der Waals surface area contributed by atoms with Crippen LogP contribution >= 0.6 is 0 Å². The number of aromatic nitrogens is 3. The Morgan fingerprint density at radius 1 is 1.14 bits per heavy atom. The average Bonchev–Trinajstić information content (AvgIpc) is 2.92. The zero-order chi connectivity index (χ0) is 15.7. The highest BCUT2D eigenvalue weighted by Gasteiger charge is 2.11. The van der Waals surface area contributed by atoms with Crippen molar-refractivity contribution >= 4 is 11.0 Å². The summed E-state index contributed by atoms with van der Waals surface area (Å²) in [6, 6.07) is 5.54. The minimum atomic E-state index is -0.896. The van der Waals surface area contributed by atoms with Crippen molar-refractivity contribution < 1.29 is 13.9 Å². The molecule has 0 amide bonds. The molecule has 0 saturated heterocycles. The molecule has 4 nitrogen and oxygen atoms in total. The summed E-state index contributed by atoms with van der Waals surface area (Å²) in [5.41, 5.74) is 2.64. The molecule has 1 aromatic carbocycles. The molecular weight excluding hydrogens is 288 g/mol. The van der Waals surface area contributed by atoms with Crippen molar-refractivity contribution in [2.75, 3.05) is 0 Å². The highest BCUT2D eigenvalue weighted by molar-refractivity contribution is 5.80. The van der Waals surface area contributed by atoms with Crippen LogP contribution in [0.15, 0.2) is 36.7 Å². The van der Waals surface area contributed by atoms with Crippen molar-refractivity contribution in [1.29, 1.82) is 0 Å². The van der Waals surface area contributed by atoms with Crippen LogP contribution in [0.1, 0.15) is 13.3 Å². The number of halogens is 2. The number of hydrogen-bond donors (Lipinski definition) is 1. The van der Waals surface area contributed by atoms with Gasteiger partial charge in [0.2, 0.25) is 0 Å². The number of hydrogen-bond acceptors (Lipinski definition) is 3. The molecule has 0 spiro atoms. The Balaban J connectivity index is 2.04. The fraction of sp³-hybridized carbons (Fsp3) is 0.250. The minimum Gasteiger partial charge on any atom is -0.391 e. The van der Waals surface area contributed by atoms with Gasteiger partial charge in [0.1, 0.15) is 5.52 Å². The van der Waals surface area contributed by atoms with Crippen LogP contribution in [0.5, 0.6) is 0 Å². The molecule has 22 heavy (non-hydrogen) atoms. The summed E-state index contributed by atoms with van der Waals surface area (Å²) in [5, 5.41) is 14.0. The second-order valence-corrected chi connectivity index (χ2v) is 5.15. The molecule has 1 unspecified atom stereocenters. The Morgan fingerprint density at radius 2 is 1.95 bits per heavy atom. The van der Waals surface area contributed by atoms with Crippen molar-refractivity contribution in [2.45, 2.75) is 26.0 Å². The first kappa shape index (κ1) is 14.6. The van der Waals surface area contributed by atoms with Crippen LogP contribution in [0.3, 0.4) is 0 Å². The van der Waals surface area contributed by atoms with Gasteiger partial charge in [0.25, 0.3) is 0 Å². The molecule has 0 saturated carbocycles. The molecule has 0 bridgehead atoms. The second kappa shape index (κ2) is 5.81. The van der Waals surface area contributed by atoms with Gasteiger partial charge in [-0.2, -0.15) is 5.10 Å². The first-order valence-corrected chi connectivity index (χ1v) is 7.03. The number of aliphatic hydroxyl groups is 1. The fourth-order valence-corrected chi connectivity index (χ4v) is 2.26. The SMILES string of the molecule is CCC(O)Cn1ncc2ncc(-c3ccc(F)c(F)c3)cc21. The lowest BCUT2D eigenvalue weighted by Crippen LogP contribution is -2.15. The van der Waals surface area contributed by atoms with E-state index in [1.54, 1.807) is 17.1 Å². The van der Waals surface area contributed by atoms with Gasteiger partial charge >= 0.3 is 0 Å². The van der Waals surface area contributed by atoms with Crippen molar-refractivity contribution in [3.8, 4) is 11.1 Å². The van der Waals surface area contributed by atoms with Crippen LogP contribution in [-0.2, 0) is 6.54 Å². The van der Waals surface area contributed by atoms with Gasteiger partial charge in [-0.3, -0.25) is 9.67 Å². The van der Waals surface area contributed by atoms with Crippen molar-refractivity contribution in [3.05, 3.63) is 48.3 Å². The molecule has 2 heterocycles.